The van der Waals surface area contributed by atoms with Crippen molar-refractivity contribution in [3.8, 4) is 0 Å². The summed E-state index contributed by atoms with van der Waals surface area (Å²) < 4.78 is 3.43. The fourth-order valence-corrected chi connectivity index (χ4v) is 4.73. The van der Waals surface area contributed by atoms with Gasteiger partial charge in [-0.3, -0.25) is 0 Å². The Morgan fingerprint density at radius 3 is 2.78 bits per heavy atom. The third-order valence-corrected chi connectivity index (χ3v) is 6.09. The van der Waals surface area contributed by atoms with Crippen LogP contribution in [0.5, 0.6) is 0 Å². The Hall–Kier alpha value is -0.810. The number of benzene rings is 1. The zero-order chi connectivity index (χ0) is 16.1. The van der Waals surface area contributed by atoms with E-state index in [9.17, 15) is 0 Å². The molecule has 1 aromatic heterocycles. The van der Waals surface area contributed by atoms with E-state index in [4.69, 9.17) is 0 Å². The van der Waals surface area contributed by atoms with Crippen LogP contribution in [0.25, 0.3) is 0 Å². The SMILES string of the molecule is CCn1c(CC2CCCCC2)nnc1SCc1cccc(Br)c1. The third-order valence-electron chi connectivity index (χ3n) is 4.56. The number of nitrogens with zero attached hydrogens (tertiary/aromatic N) is 3. The van der Waals surface area contributed by atoms with Crippen molar-refractivity contribution >= 4 is 27.7 Å². The van der Waals surface area contributed by atoms with Gasteiger partial charge in [0.1, 0.15) is 5.82 Å². The number of thioether (sulfide) groups is 1. The van der Waals surface area contributed by atoms with Crippen molar-refractivity contribution < 1.29 is 0 Å². The van der Waals surface area contributed by atoms with Crippen molar-refractivity contribution in [1.29, 1.82) is 0 Å². The molecule has 0 amide bonds. The summed E-state index contributed by atoms with van der Waals surface area (Å²) in [7, 11) is 0. The first-order valence-electron chi connectivity index (χ1n) is 8.55. The van der Waals surface area contributed by atoms with Crippen LogP contribution in [-0.4, -0.2) is 14.8 Å². The minimum absolute atomic E-state index is 0.807. The highest BCUT2D eigenvalue weighted by molar-refractivity contribution is 9.10. The number of aromatic nitrogens is 3. The number of halogens is 1. The molecule has 0 bridgehead atoms. The molecule has 1 fully saturated rings. The van der Waals surface area contributed by atoms with E-state index < -0.39 is 0 Å². The van der Waals surface area contributed by atoms with Crippen LogP contribution < -0.4 is 0 Å². The molecule has 0 atom stereocenters. The highest BCUT2D eigenvalue weighted by Gasteiger charge is 2.19. The lowest BCUT2D eigenvalue weighted by Crippen LogP contribution is -2.13. The molecule has 1 saturated carbocycles. The molecule has 3 nitrogen and oxygen atoms in total. The van der Waals surface area contributed by atoms with E-state index in [2.05, 4.69) is 61.9 Å². The lowest BCUT2D eigenvalue weighted by Gasteiger charge is -2.21. The van der Waals surface area contributed by atoms with Crippen molar-refractivity contribution in [3.05, 3.63) is 40.1 Å². The zero-order valence-electron chi connectivity index (χ0n) is 13.7. The van der Waals surface area contributed by atoms with Crippen LogP contribution in [0.1, 0.15) is 50.4 Å². The van der Waals surface area contributed by atoms with Gasteiger partial charge in [0.2, 0.25) is 0 Å². The highest BCUT2D eigenvalue weighted by Crippen LogP contribution is 2.28. The van der Waals surface area contributed by atoms with E-state index in [1.54, 1.807) is 11.8 Å². The minimum atomic E-state index is 0.807. The second kappa shape index (κ2) is 8.34. The molecule has 23 heavy (non-hydrogen) atoms. The molecule has 1 aliphatic rings. The van der Waals surface area contributed by atoms with Gasteiger partial charge in [-0.1, -0.05) is 71.9 Å². The second-order valence-corrected chi connectivity index (χ2v) is 8.13. The zero-order valence-corrected chi connectivity index (χ0v) is 16.1. The Balaban J connectivity index is 1.65. The van der Waals surface area contributed by atoms with Crippen LogP contribution in [0.15, 0.2) is 33.9 Å². The molecule has 3 rings (SSSR count). The van der Waals surface area contributed by atoms with E-state index >= 15 is 0 Å². The first-order valence-corrected chi connectivity index (χ1v) is 10.3. The molecule has 0 aliphatic heterocycles. The molecule has 0 unspecified atom stereocenters. The average Bonchev–Trinajstić information content (AvgIpc) is 2.95. The van der Waals surface area contributed by atoms with Gasteiger partial charge in [0.25, 0.3) is 0 Å². The van der Waals surface area contributed by atoms with Crippen molar-refractivity contribution in [2.24, 2.45) is 5.92 Å². The fraction of sp³-hybridized carbons (Fsp3) is 0.556. The van der Waals surface area contributed by atoms with E-state index in [1.165, 1.54) is 43.5 Å². The summed E-state index contributed by atoms with van der Waals surface area (Å²) in [6, 6.07) is 8.47. The lowest BCUT2D eigenvalue weighted by atomic mass is 9.87. The molecule has 1 aromatic carbocycles. The third kappa shape index (κ3) is 4.60. The summed E-state index contributed by atoms with van der Waals surface area (Å²) in [4.78, 5) is 0. The summed E-state index contributed by atoms with van der Waals surface area (Å²) in [5.74, 6) is 2.92. The topological polar surface area (TPSA) is 30.7 Å². The van der Waals surface area contributed by atoms with E-state index in [-0.39, 0.29) is 0 Å². The van der Waals surface area contributed by atoms with Gasteiger partial charge in [0, 0.05) is 23.2 Å². The molecule has 1 aliphatic carbocycles. The molecular formula is C18H24BrN3S. The molecule has 2 aromatic rings. The first-order chi connectivity index (χ1) is 11.3. The monoisotopic (exact) mass is 393 g/mol. The van der Waals surface area contributed by atoms with Gasteiger partial charge in [0.05, 0.1) is 0 Å². The summed E-state index contributed by atoms with van der Waals surface area (Å²) >= 11 is 5.32. The molecule has 0 saturated heterocycles. The molecular weight excluding hydrogens is 370 g/mol. The highest BCUT2D eigenvalue weighted by atomic mass is 79.9. The standard InChI is InChI=1S/C18H24BrN3S/c1-2-22-17(12-14-7-4-3-5-8-14)20-21-18(22)23-13-15-9-6-10-16(19)11-15/h6,9-11,14H,2-5,7-8,12-13H2,1H3. The van der Waals surface area contributed by atoms with Gasteiger partial charge in [-0.2, -0.15) is 0 Å². The molecule has 5 heteroatoms. The Kier molecular flexibility index (Phi) is 6.17. The van der Waals surface area contributed by atoms with Crippen LogP contribution in [0.4, 0.5) is 0 Å². The Morgan fingerprint density at radius 2 is 2.04 bits per heavy atom. The van der Waals surface area contributed by atoms with Crippen LogP contribution in [0.3, 0.4) is 0 Å². The average molecular weight is 394 g/mol. The maximum absolute atomic E-state index is 4.49. The summed E-state index contributed by atoms with van der Waals surface area (Å²) in [5.41, 5.74) is 1.31. The fourth-order valence-electron chi connectivity index (χ4n) is 3.32. The van der Waals surface area contributed by atoms with Gasteiger partial charge >= 0.3 is 0 Å². The summed E-state index contributed by atoms with van der Waals surface area (Å²) in [6.45, 7) is 3.15. The predicted octanol–water partition coefficient (Wildman–Crippen LogP) is 5.48. The predicted molar refractivity (Wildman–Crippen MR) is 99.7 cm³/mol. The maximum atomic E-state index is 4.49. The smallest absolute Gasteiger partial charge is 0.191 e. The van der Waals surface area contributed by atoms with E-state index in [0.717, 1.165) is 34.3 Å². The van der Waals surface area contributed by atoms with Gasteiger partial charge in [-0.05, 0) is 30.5 Å². The van der Waals surface area contributed by atoms with Crippen molar-refractivity contribution in [2.45, 2.75) is 62.9 Å². The quantitative estimate of drug-likeness (QED) is 0.608. The Bertz CT molecular complexity index is 635. The Labute approximate surface area is 151 Å². The normalized spacial score (nSPS) is 15.9. The van der Waals surface area contributed by atoms with Crippen LogP contribution >= 0.6 is 27.7 Å². The van der Waals surface area contributed by atoms with E-state index in [1.807, 2.05) is 0 Å². The molecule has 1 heterocycles. The number of rotatable bonds is 6. The van der Waals surface area contributed by atoms with Crippen molar-refractivity contribution in [3.63, 3.8) is 0 Å². The Morgan fingerprint density at radius 1 is 1.22 bits per heavy atom. The number of hydrogen-bond donors (Lipinski definition) is 0. The summed E-state index contributed by atoms with van der Waals surface area (Å²) in [6.07, 6.45) is 7.99. The van der Waals surface area contributed by atoms with E-state index in [0.29, 0.717) is 0 Å². The minimum Gasteiger partial charge on any atom is -0.306 e. The largest absolute Gasteiger partial charge is 0.306 e. The second-order valence-electron chi connectivity index (χ2n) is 6.27. The van der Waals surface area contributed by atoms with Gasteiger partial charge in [0.15, 0.2) is 5.16 Å². The molecule has 0 spiro atoms. The van der Waals surface area contributed by atoms with Crippen LogP contribution in [0.2, 0.25) is 0 Å². The van der Waals surface area contributed by atoms with Crippen LogP contribution in [-0.2, 0) is 18.7 Å². The van der Waals surface area contributed by atoms with Gasteiger partial charge in [-0.25, -0.2) is 0 Å². The maximum Gasteiger partial charge on any atom is 0.191 e. The van der Waals surface area contributed by atoms with Gasteiger partial charge in [-0.15, -0.1) is 10.2 Å². The van der Waals surface area contributed by atoms with Crippen molar-refractivity contribution in [2.75, 3.05) is 0 Å². The lowest BCUT2D eigenvalue weighted by molar-refractivity contribution is 0.347. The molecule has 0 radical (unpaired) electrons. The van der Waals surface area contributed by atoms with Crippen molar-refractivity contribution in [1.82, 2.24) is 14.8 Å². The van der Waals surface area contributed by atoms with Gasteiger partial charge < -0.3 is 4.57 Å². The first kappa shape index (κ1) is 17.0. The molecule has 124 valence electrons. The summed E-state index contributed by atoms with van der Waals surface area (Å²) in [5, 5.41) is 10.0. The van der Waals surface area contributed by atoms with Crippen LogP contribution in [0, 0.1) is 5.92 Å². The number of hydrogen-bond acceptors (Lipinski definition) is 3. The molecule has 0 N–H and O–H groups in total.